The smallest absolute Gasteiger partial charge is 0.310 e. The zero-order chi connectivity index (χ0) is 20.4. The van der Waals surface area contributed by atoms with Crippen molar-refractivity contribution in [2.45, 2.75) is 32.6 Å². The number of ether oxygens (including phenoxy) is 1. The van der Waals surface area contributed by atoms with Crippen LogP contribution in [0.4, 0.5) is 17.1 Å². The summed E-state index contributed by atoms with van der Waals surface area (Å²) in [5.74, 6) is -0.517. The van der Waals surface area contributed by atoms with Crippen molar-refractivity contribution in [1.29, 1.82) is 0 Å². The topological polar surface area (TPSA) is 111 Å². The molecule has 0 aliphatic heterocycles. The molecule has 2 N–H and O–H groups in total. The van der Waals surface area contributed by atoms with Gasteiger partial charge in [0.05, 0.1) is 4.92 Å². The number of anilines is 2. The molecule has 2 rings (SSSR count). The molecule has 0 aliphatic rings. The van der Waals surface area contributed by atoms with Crippen LogP contribution in [0.15, 0.2) is 48.5 Å². The van der Waals surface area contributed by atoms with Crippen LogP contribution in [0, 0.1) is 10.1 Å². The van der Waals surface area contributed by atoms with Crippen LogP contribution < -0.4 is 15.4 Å². The zero-order valence-electron chi connectivity index (χ0n) is 15.6. The standard InChI is InChI=1S/C20H23N3O5/c1-2-3-4-12-19(24)21-15-8-7-9-16(13-15)22-20(25)14-28-18-11-6-5-10-17(18)23(26)27/h5-11,13H,2-4,12,14H2,1H3,(H,21,24)(H,22,25). The summed E-state index contributed by atoms with van der Waals surface area (Å²) >= 11 is 0. The lowest BCUT2D eigenvalue weighted by atomic mass is 10.2. The molecule has 0 heterocycles. The minimum atomic E-state index is -0.570. The van der Waals surface area contributed by atoms with E-state index in [-0.39, 0.29) is 24.0 Å². The van der Waals surface area contributed by atoms with Gasteiger partial charge in [-0.15, -0.1) is 0 Å². The first-order valence-electron chi connectivity index (χ1n) is 9.05. The van der Waals surface area contributed by atoms with Gasteiger partial charge in [-0.1, -0.05) is 38.0 Å². The summed E-state index contributed by atoms with van der Waals surface area (Å²) in [6.07, 6.45) is 3.34. The van der Waals surface area contributed by atoms with Crippen LogP contribution in [0.1, 0.15) is 32.6 Å². The number of nitro benzene ring substituents is 1. The predicted octanol–water partition coefficient (Wildman–Crippen LogP) is 4.13. The van der Waals surface area contributed by atoms with Gasteiger partial charge >= 0.3 is 5.69 Å². The molecule has 28 heavy (non-hydrogen) atoms. The summed E-state index contributed by atoms with van der Waals surface area (Å²) in [6, 6.07) is 12.6. The van der Waals surface area contributed by atoms with E-state index in [9.17, 15) is 19.7 Å². The highest BCUT2D eigenvalue weighted by molar-refractivity contribution is 5.94. The Morgan fingerprint density at radius 1 is 1.00 bits per heavy atom. The molecule has 8 nitrogen and oxygen atoms in total. The first-order chi connectivity index (χ1) is 13.5. The first kappa shape index (κ1) is 20.9. The number of amides is 2. The molecule has 8 heteroatoms. The van der Waals surface area contributed by atoms with E-state index in [1.807, 2.05) is 0 Å². The lowest BCUT2D eigenvalue weighted by Gasteiger charge is -2.10. The molecule has 0 radical (unpaired) electrons. The molecule has 0 aromatic heterocycles. The summed E-state index contributed by atoms with van der Waals surface area (Å²) in [5.41, 5.74) is 0.865. The van der Waals surface area contributed by atoms with Gasteiger partial charge in [0.15, 0.2) is 12.4 Å². The number of nitrogens with zero attached hydrogens (tertiary/aromatic N) is 1. The van der Waals surface area contributed by atoms with Crippen LogP contribution in [-0.4, -0.2) is 23.3 Å². The van der Waals surface area contributed by atoms with E-state index >= 15 is 0 Å². The molecular formula is C20H23N3O5. The Labute approximate surface area is 163 Å². The molecule has 2 amide bonds. The highest BCUT2D eigenvalue weighted by atomic mass is 16.6. The maximum absolute atomic E-state index is 12.1. The molecule has 148 valence electrons. The van der Waals surface area contributed by atoms with Crippen LogP contribution >= 0.6 is 0 Å². The van der Waals surface area contributed by atoms with Crippen molar-refractivity contribution in [2.24, 2.45) is 0 Å². The minimum absolute atomic E-state index is 0.0238. The average molecular weight is 385 g/mol. The largest absolute Gasteiger partial charge is 0.477 e. The number of hydrogen-bond acceptors (Lipinski definition) is 5. The Morgan fingerprint density at radius 2 is 1.68 bits per heavy atom. The number of rotatable bonds is 10. The number of hydrogen-bond donors (Lipinski definition) is 2. The Hall–Kier alpha value is -3.42. The Bertz CT molecular complexity index is 838. The SMILES string of the molecule is CCCCCC(=O)Nc1cccc(NC(=O)COc2ccccc2[N+](=O)[O-])c1. The minimum Gasteiger partial charge on any atom is -0.477 e. The molecule has 0 spiro atoms. The van der Waals surface area contributed by atoms with Crippen molar-refractivity contribution in [1.82, 2.24) is 0 Å². The normalized spacial score (nSPS) is 10.2. The van der Waals surface area contributed by atoms with E-state index in [4.69, 9.17) is 4.74 Å². The van der Waals surface area contributed by atoms with Gasteiger partial charge in [-0.2, -0.15) is 0 Å². The molecule has 2 aromatic carbocycles. The maximum Gasteiger partial charge on any atom is 0.310 e. The number of carbonyl (C=O) groups is 2. The second kappa shape index (κ2) is 10.7. The second-order valence-corrected chi connectivity index (χ2v) is 6.15. The van der Waals surface area contributed by atoms with Gasteiger partial charge in [-0.25, -0.2) is 0 Å². The van der Waals surface area contributed by atoms with E-state index in [1.54, 1.807) is 30.3 Å². The monoisotopic (exact) mass is 385 g/mol. The fourth-order valence-electron chi connectivity index (χ4n) is 2.50. The molecule has 0 aliphatic carbocycles. The van der Waals surface area contributed by atoms with Crippen LogP contribution in [0.2, 0.25) is 0 Å². The van der Waals surface area contributed by atoms with Crippen molar-refractivity contribution in [3.8, 4) is 5.75 Å². The number of carbonyl (C=O) groups excluding carboxylic acids is 2. The summed E-state index contributed by atoms with van der Waals surface area (Å²) in [4.78, 5) is 34.4. The van der Waals surface area contributed by atoms with E-state index < -0.39 is 10.8 Å². The summed E-state index contributed by atoms with van der Waals surface area (Å²) < 4.78 is 5.26. The number of benzene rings is 2. The molecule has 0 saturated heterocycles. The Kier molecular flexibility index (Phi) is 7.95. The third-order valence-corrected chi connectivity index (χ3v) is 3.86. The van der Waals surface area contributed by atoms with E-state index in [2.05, 4.69) is 17.6 Å². The van der Waals surface area contributed by atoms with Gasteiger partial charge < -0.3 is 15.4 Å². The van der Waals surface area contributed by atoms with Crippen molar-refractivity contribution >= 4 is 28.9 Å². The van der Waals surface area contributed by atoms with Gasteiger partial charge in [-0.3, -0.25) is 19.7 Å². The zero-order valence-corrected chi connectivity index (χ0v) is 15.6. The molecule has 0 bridgehead atoms. The molecule has 2 aromatic rings. The highest BCUT2D eigenvalue weighted by Crippen LogP contribution is 2.25. The molecule has 0 saturated carbocycles. The summed E-state index contributed by atoms with van der Waals surface area (Å²) in [6.45, 7) is 1.70. The number of para-hydroxylation sites is 2. The highest BCUT2D eigenvalue weighted by Gasteiger charge is 2.15. The summed E-state index contributed by atoms with van der Waals surface area (Å²) in [7, 11) is 0. The predicted molar refractivity (Wildman–Crippen MR) is 106 cm³/mol. The average Bonchev–Trinajstić information content (AvgIpc) is 2.67. The lowest BCUT2D eigenvalue weighted by molar-refractivity contribution is -0.385. The number of unbranched alkanes of at least 4 members (excludes halogenated alkanes) is 2. The van der Waals surface area contributed by atoms with Crippen LogP contribution in [0.5, 0.6) is 5.75 Å². The first-order valence-corrected chi connectivity index (χ1v) is 9.05. The Morgan fingerprint density at radius 3 is 2.36 bits per heavy atom. The van der Waals surface area contributed by atoms with E-state index in [0.717, 1.165) is 19.3 Å². The van der Waals surface area contributed by atoms with Gasteiger partial charge in [0, 0.05) is 23.9 Å². The van der Waals surface area contributed by atoms with Crippen LogP contribution in [0.3, 0.4) is 0 Å². The van der Waals surface area contributed by atoms with Crippen molar-refractivity contribution < 1.29 is 19.2 Å². The third-order valence-electron chi connectivity index (χ3n) is 3.86. The van der Waals surface area contributed by atoms with Crippen LogP contribution in [-0.2, 0) is 9.59 Å². The Balaban J connectivity index is 1.89. The molecular weight excluding hydrogens is 362 g/mol. The fraction of sp³-hybridized carbons (Fsp3) is 0.300. The lowest BCUT2D eigenvalue weighted by Crippen LogP contribution is -2.20. The fourth-order valence-corrected chi connectivity index (χ4v) is 2.50. The van der Waals surface area contributed by atoms with Crippen molar-refractivity contribution in [3.05, 3.63) is 58.6 Å². The summed E-state index contributed by atoms with van der Waals surface area (Å²) in [5, 5.41) is 16.4. The third kappa shape index (κ3) is 6.71. The van der Waals surface area contributed by atoms with Gasteiger partial charge in [0.1, 0.15) is 0 Å². The molecule has 0 fully saturated rings. The van der Waals surface area contributed by atoms with E-state index in [0.29, 0.717) is 17.8 Å². The van der Waals surface area contributed by atoms with Gasteiger partial charge in [0.25, 0.3) is 5.91 Å². The second-order valence-electron chi connectivity index (χ2n) is 6.15. The van der Waals surface area contributed by atoms with Crippen molar-refractivity contribution in [3.63, 3.8) is 0 Å². The molecule has 0 unspecified atom stereocenters. The van der Waals surface area contributed by atoms with Crippen molar-refractivity contribution in [2.75, 3.05) is 17.2 Å². The molecule has 0 atom stereocenters. The quantitative estimate of drug-likeness (QED) is 0.363. The van der Waals surface area contributed by atoms with Crippen LogP contribution in [0.25, 0.3) is 0 Å². The number of nitrogens with one attached hydrogen (secondary N) is 2. The van der Waals surface area contributed by atoms with Gasteiger partial charge in [-0.05, 0) is 30.7 Å². The number of nitro groups is 1. The van der Waals surface area contributed by atoms with E-state index in [1.165, 1.54) is 18.2 Å². The maximum atomic E-state index is 12.1. The van der Waals surface area contributed by atoms with Gasteiger partial charge in [0.2, 0.25) is 5.91 Å².